The molecule has 0 bridgehead atoms. The average Bonchev–Trinajstić information content (AvgIpc) is 3.58. The van der Waals surface area contributed by atoms with Crippen molar-refractivity contribution >= 4 is 23.8 Å². The molecule has 0 aliphatic carbocycles. The highest BCUT2D eigenvalue weighted by Gasteiger charge is 2.39. The number of aromatic carboxylic acids is 1. The highest BCUT2D eigenvalue weighted by atomic mass is 16.5. The van der Waals surface area contributed by atoms with Crippen LogP contribution in [0, 0.1) is 0 Å². The van der Waals surface area contributed by atoms with Crippen LogP contribution in [-0.2, 0) is 4.79 Å². The van der Waals surface area contributed by atoms with Crippen molar-refractivity contribution in [3.05, 3.63) is 101 Å². The first-order chi connectivity index (χ1) is 19.4. The van der Waals surface area contributed by atoms with Gasteiger partial charge >= 0.3 is 11.9 Å². The number of carbonyl (C=O) groups excluding carboxylic acids is 2. The number of Topliss-reactive ketones (excluding diaryl/α,β-unsaturated/α-hetero) is 1. The second-order valence-corrected chi connectivity index (χ2v) is 9.22. The number of methoxy groups -OCH3 is 2. The molecule has 9 heteroatoms. The molecule has 2 aliphatic heterocycles. The minimum Gasteiger partial charge on any atom is -0.497 e. The minimum atomic E-state index is -1.02. The van der Waals surface area contributed by atoms with Crippen molar-refractivity contribution < 1.29 is 42.9 Å². The predicted octanol–water partition coefficient (Wildman–Crippen LogP) is 5.72. The minimum absolute atomic E-state index is 0.0166. The average molecular weight is 539 g/mol. The van der Waals surface area contributed by atoms with Crippen LogP contribution in [0.1, 0.15) is 49.9 Å². The number of hydrogen-bond acceptors (Lipinski definition) is 8. The molecule has 0 unspecified atom stereocenters. The second kappa shape index (κ2) is 9.77. The van der Waals surface area contributed by atoms with Gasteiger partial charge in [-0.25, -0.2) is 4.79 Å². The summed E-state index contributed by atoms with van der Waals surface area (Å²) in [5.74, 6) is 0.450. The molecular formula is C31H22O9. The van der Waals surface area contributed by atoms with E-state index >= 15 is 0 Å². The van der Waals surface area contributed by atoms with Gasteiger partial charge in [0.15, 0.2) is 5.76 Å². The third-order valence-corrected chi connectivity index (χ3v) is 6.89. The van der Waals surface area contributed by atoms with Gasteiger partial charge in [-0.15, -0.1) is 0 Å². The van der Waals surface area contributed by atoms with Crippen LogP contribution in [0.3, 0.4) is 0 Å². The van der Waals surface area contributed by atoms with E-state index in [1.807, 2.05) is 0 Å². The van der Waals surface area contributed by atoms with E-state index in [4.69, 9.17) is 28.5 Å². The zero-order chi connectivity index (χ0) is 28.0. The van der Waals surface area contributed by atoms with Crippen LogP contribution in [0.15, 0.2) is 76.9 Å². The van der Waals surface area contributed by atoms with Crippen molar-refractivity contribution in [1.82, 2.24) is 0 Å². The molecule has 0 spiro atoms. The molecule has 40 heavy (non-hydrogen) atoms. The summed E-state index contributed by atoms with van der Waals surface area (Å²) >= 11 is 0. The van der Waals surface area contributed by atoms with Crippen LogP contribution in [0.2, 0.25) is 0 Å². The summed E-state index contributed by atoms with van der Waals surface area (Å²) in [6.07, 6.45) is 1.58. The lowest BCUT2D eigenvalue weighted by molar-refractivity contribution is -0.135. The number of rotatable bonds is 6. The van der Waals surface area contributed by atoms with Crippen LogP contribution >= 0.6 is 0 Å². The van der Waals surface area contributed by atoms with Crippen LogP contribution in [0.25, 0.3) is 17.4 Å². The molecule has 0 fully saturated rings. The van der Waals surface area contributed by atoms with Gasteiger partial charge in [-0.05, 0) is 54.6 Å². The third kappa shape index (κ3) is 4.27. The van der Waals surface area contributed by atoms with Gasteiger partial charge in [0.2, 0.25) is 5.78 Å². The third-order valence-electron chi connectivity index (χ3n) is 6.89. The van der Waals surface area contributed by atoms with E-state index in [-0.39, 0.29) is 23.5 Å². The number of fused-ring (bicyclic) bond motifs is 3. The quantitative estimate of drug-likeness (QED) is 0.187. The zero-order valence-corrected chi connectivity index (χ0v) is 21.4. The van der Waals surface area contributed by atoms with E-state index in [9.17, 15) is 14.4 Å². The van der Waals surface area contributed by atoms with Crippen molar-refractivity contribution in [1.29, 1.82) is 0 Å². The second-order valence-electron chi connectivity index (χ2n) is 9.22. The standard InChI is InChI=1S/C31H22O9/c1-36-19-8-7-18(25(14-19)37-2)13-26-29(33)20-9-10-24-28(30(20)40-26)21(15-27(32)39-24)23-12-11-22(38-23)16-3-5-17(6-4-16)31(34)35/h3-14,21H,15H2,1-2H3,(H,34,35)/b26-13-/t21-/m1/s1. The first-order valence-corrected chi connectivity index (χ1v) is 12.3. The Kier molecular flexibility index (Phi) is 6.11. The molecule has 3 heterocycles. The normalized spacial score (nSPS) is 16.6. The van der Waals surface area contributed by atoms with Gasteiger partial charge in [-0.2, -0.15) is 0 Å². The van der Waals surface area contributed by atoms with Gasteiger partial charge in [-0.3, -0.25) is 9.59 Å². The highest BCUT2D eigenvalue weighted by Crippen LogP contribution is 2.49. The summed E-state index contributed by atoms with van der Waals surface area (Å²) in [5.41, 5.74) is 2.35. The van der Waals surface area contributed by atoms with E-state index in [0.717, 1.165) is 0 Å². The Morgan fingerprint density at radius 1 is 0.950 bits per heavy atom. The van der Waals surface area contributed by atoms with Crippen LogP contribution in [0.4, 0.5) is 0 Å². The van der Waals surface area contributed by atoms with E-state index < -0.39 is 17.9 Å². The molecule has 3 aromatic carbocycles. The largest absolute Gasteiger partial charge is 0.497 e. The summed E-state index contributed by atoms with van der Waals surface area (Å²) in [4.78, 5) is 37.1. The Morgan fingerprint density at radius 2 is 1.75 bits per heavy atom. The molecule has 0 amide bonds. The molecule has 1 atom stereocenters. The van der Waals surface area contributed by atoms with E-state index in [0.29, 0.717) is 56.8 Å². The lowest BCUT2D eigenvalue weighted by Gasteiger charge is -2.24. The lowest BCUT2D eigenvalue weighted by Crippen LogP contribution is -2.21. The van der Waals surface area contributed by atoms with Gasteiger partial charge in [-0.1, -0.05) is 12.1 Å². The first-order valence-electron chi connectivity index (χ1n) is 12.3. The number of hydrogen-bond donors (Lipinski definition) is 1. The molecule has 9 nitrogen and oxygen atoms in total. The summed E-state index contributed by atoms with van der Waals surface area (Å²) in [7, 11) is 3.08. The molecule has 1 N–H and O–H groups in total. The SMILES string of the molecule is COc1ccc(/C=C2\Oc3c(ccc4c3[C@@H](c3ccc(-c5ccc(C(=O)O)cc5)o3)CC(=O)O4)C2=O)c(OC)c1. The number of benzene rings is 3. The highest BCUT2D eigenvalue weighted by molar-refractivity contribution is 6.15. The summed E-state index contributed by atoms with van der Waals surface area (Å²) in [6.45, 7) is 0. The number of ether oxygens (including phenoxy) is 4. The van der Waals surface area contributed by atoms with Gasteiger partial charge in [0.1, 0.15) is 34.5 Å². The molecule has 6 rings (SSSR count). The van der Waals surface area contributed by atoms with E-state index in [1.54, 1.807) is 67.8 Å². The fourth-order valence-electron chi connectivity index (χ4n) is 4.90. The van der Waals surface area contributed by atoms with E-state index in [1.165, 1.54) is 19.2 Å². The first kappa shape index (κ1) is 25.0. The molecule has 0 saturated heterocycles. The molecule has 2 aliphatic rings. The maximum Gasteiger partial charge on any atom is 0.335 e. The Labute approximate surface area is 228 Å². The Hall–Kier alpha value is -5.31. The number of ketones is 1. The van der Waals surface area contributed by atoms with Crippen LogP contribution < -0.4 is 18.9 Å². The Morgan fingerprint density at radius 3 is 2.48 bits per heavy atom. The van der Waals surface area contributed by atoms with Crippen molar-refractivity contribution in [3.8, 4) is 34.3 Å². The van der Waals surface area contributed by atoms with Crippen LogP contribution in [0.5, 0.6) is 23.0 Å². The summed E-state index contributed by atoms with van der Waals surface area (Å²) in [5, 5.41) is 9.16. The Balaban J connectivity index is 1.38. The summed E-state index contributed by atoms with van der Waals surface area (Å²) < 4.78 is 28.5. The number of carbonyl (C=O) groups is 3. The summed E-state index contributed by atoms with van der Waals surface area (Å²) in [6, 6.07) is 18.2. The molecule has 0 radical (unpaired) electrons. The van der Waals surface area contributed by atoms with Gasteiger partial charge < -0.3 is 28.5 Å². The van der Waals surface area contributed by atoms with Gasteiger partial charge in [0, 0.05) is 22.8 Å². The predicted molar refractivity (Wildman–Crippen MR) is 142 cm³/mol. The van der Waals surface area contributed by atoms with Crippen LogP contribution in [-0.4, -0.2) is 37.0 Å². The smallest absolute Gasteiger partial charge is 0.335 e. The lowest BCUT2D eigenvalue weighted by atomic mass is 9.88. The molecule has 4 aromatic rings. The van der Waals surface area contributed by atoms with Crippen molar-refractivity contribution in [2.24, 2.45) is 0 Å². The van der Waals surface area contributed by atoms with Gasteiger partial charge in [0.05, 0.1) is 37.7 Å². The Bertz CT molecular complexity index is 1710. The molecule has 200 valence electrons. The molecular weight excluding hydrogens is 516 g/mol. The maximum atomic E-state index is 13.3. The fraction of sp³-hybridized carbons (Fsp3) is 0.129. The van der Waals surface area contributed by atoms with E-state index in [2.05, 4.69) is 0 Å². The molecule has 1 aromatic heterocycles. The number of carboxylic acid groups (broad SMARTS) is 1. The van der Waals surface area contributed by atoms with Gasteiger partial charge in [0.25, 0.3) is 0 Å². The monoisotopic (exact) mass is 538 g/mol. The number of esters is 1. The topological polar surface area (TPSA) is 122 Å². The fourth-order valence-corrected chi connectivity index (χ4v) is 4.90. The number of allylic oxidation sites excluding steroid dienone is 1. The zero-order valence-electron chi connectivity index (χ0n) is 21.4. The molecule has 0 saturated carbocycles. The van der Waals surface area contributed by atoms with Crippen molar-refractivity contribution in [2.45, 2.75) is 12.3 Å². The van der Waals surface area contributed by atoms with Crippen molar-refractivity contribution in [2.75, 3.05) is 14.2 Å². The number of furan rings is 1. The number of carboxylic acids is 1. The maximum absolute atomic E-state index is 13.3. The van der Waals surface area contributed by atoms with Crippen molar-refractivity contribution in [3.63, 3.8) is 0 Å².